The van der Waals surface area contributed by atoms with Crippen molar-refractivity contribution in [2.75, 3.05) is 18.5 Å². The first-order valence-corrected chi connectivity index (χ1v) is 7.03. The fraction of sp³-hybridized carbons (Fsp3) is 0.667. The highest BCUT2D eigenvalue weighted by Gasteiger charge is 2.10. The van der Waals surface area contributed by atoms with Crippen molar-refractivity contribution in [2.24, 2.45) is 5.92 Å². The standard InChI is InChI=1S/C12H20BrN3O2/c1-3-9(5-6-17)7-14-10-8-15-16(4-2)12(18)11(10)13/h8-9,14,17H,3-7H2,1-2H3. The van der Waals surface area contributed by atoms with Crippen LogP contribution in [-0.4, -0.2) is 28.0 Å². The van der Waals surface area contributed by atoms with Crippen molar-refractivity contribution in [3.05, 3.63) is 21.0 Å². The Labute approximate surface area is 115 Å². The van der Waals surface area contributed by atoms with E-state index < -0.39 is 0 Å². The molecular weight excluding hydrogens is 298 g/mol. The first kappa shape index (κ1) is 15.2. The van der Waals surface area contributed by atoms with Crippen LogP contribution >= 0.6 is 15.9 Å². The predicted octanol–water partition coefficient (Wildman–Crippen LogP) is 1.85. The van der Waals surface area contributed by atoms with Crippen LogP contribution in [0, 0.1) is 5.92 Å². The molecule has 1 rings (SSSR count). The summed E-state index contributed by atoms with van der Waals surface area (Å²) in [6.07, 6.45) is 3.41. The number of nitrogens with zero attached hydrogens (tertiary/aromatic N) is 2. The first-order valence-electron chi connectivity index (χ1n) is 6.24. The van der Waals surface area contributed by atoms with Crippen LogP contribution < -0.4 is 10.9 Å². The lowest BCUT2D eigenvalue weighted by molar-refractivity contribution is 0.258. The second kappa shape index (κ2) is 7.53. The zero-order valence-corrected chi connectivity index (χ0v) is 12.4. The van der Waals surface area contributed by atoms with Crippen molar-refractivity contribution >= 4 is 21.6 Å². The van der Waals surface area contributed by atoms with Crippen molar-refractivity contribution < 1.29 is 5.11 Å². The Morgan fingerprint density at radius 1 is 1.56 bits per heavy atom. The molecule has 0 aliphatic heterocycles. The molecule has 1 aromatic heterocycles. The molecule has 0 amide bonds. The van der Waals surface area contributed by atoms with Crippen LogP contribution in [0.25, 0.3) is 0 Å². The smallest absolute Gasteiger partial charge is 0.283 e. The van der Waals surface area contributed by atoms with Crippen LogP contribution in [0.15, 0.2) is 15.5 Å². The molecule has 0 aromatic carbocycles. The van der Waals surface area contributed by atoms with Crippen molar-refractivity contribution in [1.82, 2.24) is 9.78 Å². The lowest BCUT2D eigenvalue weighted by atomic mass is 10.0. The van der Waals surface area contributed by atoms with Gasteiger partial charge >= 0.3 is 0 Å². The third-order valence-corrected chi connectivity index (χ3v) is 3.75. The number of hydrogen-bond donors (Lipinski definition) is 2. The minimum atomic E-state index is -0.127. The predicted molar refractivity (Wildman–Crippen MR) is 75.8 cm³/mol. The van der Waals surface area contributed by atoms with Gasteiger partial charge in [0.15, 0.2) is 0 Å². The van der Waals surface area contributed by atoms with E-state index in [1.807, 2.05) is 6.92 Å². The lowest BCUT2D eigenvalue weighted by Crippen LogP contribution is -2.24. The fourth-order valence-electron chi connectivity index (χ4n) is 1.70. The molecular formula is C12H20BrN3O2. The van der Waals surface area contributed by atoms with Gasteiger partial charge in [-0.15, -0.1) is 0 Å². The molecule has 6 heteroatoms. The van der Waals surface area contributed by atoms with Gasteiger partial charge in [-0.1, -0.05) is 13.3 Å². The molecule has 5 nitrogen and oxygen atoms in total. The SMILES string of the molecule is CCC(CCO)CNc1cnn(CC)c(=O)c1Br. The number of aliphatic hydroxyl groups is 1. The third kappa shape index (κ3) is 3.81. The van der Waals surface area contributed by atoms with Gasteiger partial charge in [0.05, 0.1) is 11.9 Å². The minimum Gasteiger partial charge on any atom is -0.396 e. The average Bonchev–Trinajstić information content (AvgIpc) is 2.39. The Bertz CT molecular complexity index is 434. The molecule has 0 aliphatic rings. The van der Waals surface area contributed by atoms with Crippen molar-refractivity contribution in [3.63, 3.8) is 0 Å². The van der Waals surface area contributed by atoms with Crippen molar-refractivity contribution in [2.45, 2.75) is 33.2 Å². The second-order valence-corrected chi connectivity index (χ2v) is 4.95. The summed E-state index contributed by atoms with van der Waals surface area (Å²) in [5, 5.41) is 16.2. The maximum absolute atomic E-state index is 11.8. The van der Waals surface area contributed by atoms with Crippen LogP contribution in [0.4, 0.5) is 5.69 Å². The molecule has 0 saturated heterocycles. The van der Waals surface area contributed by atoms with E-state index in [0.29, 0.717) is 22.6 Å². The first-order chi connectivity index (χ1) is 8.63. The summed E-state index contributed by atoms with van der Waals surface area (Å²) in [5.41, 5.74) is 0.582. The number of aliphatic hydroxyl groups excluding tert-OH is 1. The van der Waals surface area contributed by atoms with Crippen LogP contribution in [0.2, 0.25) is 0 Å². The highest BCUT2D eigenvalue weighted by molar-refractivity contribution is 9.10. The summed E-state index contributed by atoms with van der Waals surface area (Å²) >= 11 is 3.30. The normalized spacial score (nSPS) is 12.4. The van der Waals surface area contributed by atoms with Crippen molar-refractivity contribution in [3.8, 4) is 0 Å². The topological polar surface area (TPSA) is 67.2 Å². The third-order valence-electron chi connectivity index (χ3n) is 2.98. The van der Waals surface area contributed by atoms with Crippen molar-refractivity contribution in [1.29, 1.82) is 0 Å². The number of anilines is 1. The number of aryl methyl sites for hydroxylation is 1. The molecule has 0 fully saturated rings. The van der Waals surface area contributed by atoms with E-state index in [0.717, 1.165) is 19.4 Å². The van der Waals surface area contributed by atoms with Gasteiger partial charge in [-0.05, 0) is 35.2 Å². The largest absolute Gasteiger partial charge is 0.396 e. The summed E-state index contributed by atoms with van der Waals surface area (Å²) in [5.74, 6) is 0.399. The molecule has 102 valence electrons. The Hall–Kier alpha value is -0.880. The number of nitrogens with one attached hydrogen (secondary N) is 1. The molecule has 1 aromatic rings. The van der Waals surface area contributed by atoms with Crippen LogP contribution in [0.5, 0.6) is 0 Å². The second-order valence-electron chi connectivity index (χ2n) is 4.16. The fourth-order valence-corrected chi connectivity index (χ4v) is 2.15. The average molecular weight is 318 g/mol. The summed E-state index contributed by atoms with van der Waals surface area (Å²) in [7, 11) is 0. The molecule has 1 unspecified atom stereocenters. The van der Waals surface area contributed by atoms with E-state index in [-0.39, 0.29) is 12.2 Å². The maximum atomic E-state index is 11.8. The summed E-state index contributed by atoms with van der Waals surface area (Å²) in [6, 6.07) is 0. The van der Waals surface area contributed by atoms with Crippen LogP contribution in [0.3, 0.4) is 0 Å². The molecule has 0 radical (unpaired) electrons. The monoisotopic (exact) mass is 317 g/mol. The molecule has 1 heterocycles. The van der Waals surface area contributed by atoms with Gasteiger partial charge in [0.2, 0.25) is 0 Å². The number of rotatable bonds is 7. The Kier molecular flexibility index (Phi) is 6.35. The quantitative estimate of drug-likeness (QED) is 0.805. The summed E-state index contributed by atoms with van der Waals surface area (Å²) < 4.78 is 1.92. The van der Waals surface area contributed by atoms with Crippen LogP contribution in [-0.2, 0) is 6.54 Å². The Morgan fingerprint density at radius 2 is 2.28 bits per heavy atom. The Balaban J connectivity index is 2.74. The maximum Gasteiger partial charge on any atom is 0.283 e. The van der Waals surface area contributed by atoms with E-state index in [1.54, 1.807) is 6.20 Å². The zero-order chi connectivity index (χ0) is 13.5. The van der Waals surface area contributed by atoms with Gasteiger partial charge in [0.1, 0.15) is 4.47 Å². The van der Waals surface area contributed by atoms with E-state index in [2.05, 4.69) is 33.3 Å². The van der Waals surface area contributed by atoms with Gasteiger partial charge in [-0.2, -0.15) is 5.10 Å². The van der Waals surface area contributed by atoms with E-state index in [9.17, 15) is 4.79 Å². The molecule has 0 aliphatic carbocycles. The lowest BCUT2D eigenvalue weighted by Gasteiger charge is -2.16. The number of hydrogen-bond acceptors (Lipinski definition) is 4. The van der Waals surface area contributed by atoms with E-state index in [4.69, 9.17) is 5.11 Å². The summed E-state index contributed by atoms with van der Waals surface area (Å²) in [6.45, 7) is 5.44. The van der Waals surface area contributed by atoms with Gasteiger partial charge in [-0.25, -0.2) is 4.68 Å². The highest BCUT2D eigenvalue weighted by Crippen LogP contribution is 2.17. The number of halogens is 1. The van der Waals surface area contributed by atoms with Gasteiger partial charge in [0, 0.05) is 19.7 Å². The summed E-state index contributed by atoms with van der Waals surface area (Å²) in [4.78, 5) is 11.8. The molecule has 2 N–H and O–H groups in total. The molecule has 0 bridgehead atoms. The minimum absolute atomic E-state index is 0.127. The van der Waals surface area contributed by atoms with E-state index >= 15 is 0 Å². The zero-order valence-electron chi connectivity index (χ0n) is 10.8. The highest BCUT2D eigenvalue weighted by atomic mass is 79.9. The Morgan fingerprint density at radius 3 is 2.83 bits per heavy atom. The molecule has 18 heavy (non-hydrogen) atoms. The molecule has 0 saturated carbocycles. The number of aromatic nitrogens is 2. The van der Waals surface area contributed by atoms with Gasteiger partial charge < -0.3 is 10.4 Å². The molecule has 1 atom stereocenters. The van der Waals surface area contributed by atoms with E-state index in [1.165, 1.54) is 4.68 Å². The van der Waals surface area contributed by atoms with Gasteiger partial charge in [-0.3, -0.25) is 4.79 Å². The van der Waals surface area contributed by atoms with Gasteiger partial charge in [0.25, 0.3) is 5.56 Å². The van der Waals surface area contributed by atoms with Crippen LogP contribution in [0.1, 0.15) is 26.7 Å². The molecule has 0 spiro atoms.